The Balaban J connectivity index is 1.38. The number of amides is 1. The van der Waals surface area contributed by atoms with E-state index in [0.29, 0.717) is 34.3 Å². The summed E-state index contributed by atoms with van der Waals surface area (Å²) < 4.78 is 32.4. The van der Waals surface area contributed by atoms with Crippen molar-refractivity contribution in [2.45, 2.75) is 26.4 Å². The third-order valence-corrected chi connectivity index (χ3v) is 5.85. The molecule has 1 amide bonds. The lowest BCUT2D eigenvalue weighted by Crippen LogP contribution is -2.20. The molecule has 4 aromatic heterocycles. The van der Waals surface area contributed by atoms with E-state index >= 15 is 0 Å². The van der Waals surface area contributed by atoms with Crippen molar-refractivity contribution in [1.29, 1.82) is 0 Å². The monoisotopic (exact) mass is 510 g/mol. The van der Waals surface area contributed by atoms with Crippen LogP contribution in [0.1, 0.15) is 23.2 Å². The highest BCUT2D eigenvalue weighted by Gasteiger charge is 2.22. The van der Waals surface area contributed by atoms with Crippen molar-refractivity contribution >= 4 is 34.4 Å². The van der Waals surface area contributed by atoms with E-state index in [0.717, 1.165) is 5.56 Å². The molecule has 184 valence electrons. The first kappa shape index (κ1) is 23.6. The third-order valence-electron chi connectivity index (χ3n) is 5.60. The molecule has 5 aromatic rings. The summed E-state index contributed by atoms with van der Waals surface area (Å²) in [5, 5.41) is 16.4. The molecule has 0 saturated heterocycles. The standard InChI is InChI=1S/C24H21ClF2N8O/c1-14-22-18(23(26)27)9-19(16-10-28-33(2)12-16)29-24(22)35(31-14)13-21(36)30-20-7-8-34(32-20)11-15-3-5-17(25)6-4-15/h3-10,12,23H,11,13H2,1-2H3,(H,30,32,36). The molecule has 0 radical (unpaired) electrons. The topological polar surface area (TPSA) is 95.5 Å². The van der Waals surface area contributed by atoms with E-state index in [9.17, 15) is 13.6 Å². The van der Waals surface area contributed by atoms with Gasteiger partial charge in [-0.1, -0.05) is 23.7 Å². The van der Waals surface area contributed by atoms with E-state index < -0.39 is 12.3 Å². The predicted molar refractivity (Wildman–Crippen MR) is 131 cm³/mol. The number of aromatic nitrogens is 7. The van der Waals surface area contributed by atoms with Gasteiger partial charge < -0.3 is 5.32 Å². The number of carbonyl (C=O) groups excluding carboxylic acids is 1. The molecule has 0 spiro atoms. The second-order valence-electron chi connectivity index (χ2n) is 8.31. The lowest BCUT2D eigenvalue weighted by molar-refractivity contribution is -0.116. The summed E-state index contributed by atoms with van der Waals surface area (Å²) in [4.78, 5) is 17.3. The Morgan fingerprint density at radius 1 is 1.17 bits per heavy atom. The van der Waals surface area contributed by atoms with E-state index in [2.05, 4.69) is 25.6 Å². The van der Waals surface area contributed by atoms with Crippen LogP contribution in [0.5, 0.6) is 0 Å². The molecule has 0 atom stereocenters. The Morgan fingerprint density at radius 2 is 1.94 bits per heavy atom. The summed E-state index contributed by atoms with van der Waals surface area (Å²) in [6.45, 7) is 1.90. The minimum absolute atomic E-state index is 0.191. The zero-order valence-electron chi connectivity index (χ0n) is 19.4. The first-order valence-corrected chi connectivity index (χ1v) is 11.4. The predicted octanol–water partition coefficient (Wildman–Crippen LogP) is 4.61. The molecule has 36 heavy (non-hydrogen) atoms. The van der Waals surface area contributed by atoms with Gasteiger partial charge in [-0.15, -0.1) is 0 Å². The number of hydrogen-bond donors (Lipinski definition) is 1. The number of aryl methyl sites for hydroxylation is 2. The van der Waals surface area contributed by atoms with Gasteiger partial charge in [0.05, 0.1) is 29.5 Å². The van der Waals surface area contributed by atoms with Gasteiger partial charge in [0.25, 0.3) is 6.43 Å². The van der Waals surface area contributed by atoms with E-state index in [1.165, 1.54) is 10.7 Å². The number of carbonyl (C=O) groups is 1. The maximum Gasteiger partial charge on any atom is 0.264 e. The summed E-state index contributed by atoms with van der Waals surface area (Å²) >= 11 is 5.92. The molecular formula is C24H21ClF2N8O. The molecule has 1 aromatic carbocycles. The molecule has 0 aliphatic carbocycles. The Labute approximate surface area is 209 Å². The van der Waals surface area contributed by atoms with Crippen LogP contribution < -0.4 is 5.32 Å². The van der Waals surface area contributed by atoms with Crippen LogP contribution >= 0.6 is 11.6 Å². The van der Waals surface area contributed by atoms with Gasteiger partial charge in [-0.3, -0.25) is 14.2 Å². The van der Waals surface area contributed by atoms with E-state index in [4.69, 9.17) is 11.6 Å². The lowest BCUT2D eigenvalue weighted by atomic mass is 10.1. The fourth-order valence-corrected chi connectivity index (χ4v) is 4.11. The van der Waals surface area contributed by atoms with Crippen LogP contribution in [0.2, 0.25) is 5.02 Å². The molecule has 0 bridgehead atoms. The molecule has 0 unspecified atom stereocenters. The van der Waals surface area contributed by atoms with Crippen LogP contribution in [0.3, 0.4) is 0 Å². The van der Waals surface area contributed by atoms with Gasteiger partial charge in [-0.05, 0) is 30.7 Å². The fraction of sp³-hybridized carbons (Fsp3) is 0.208. The minimum Gasteiger partial charge on any atom is -0.308 e. The Kier molecular flexibility index (Phi) is 6.23. The molecule has 0 fully saturated rings. The highest BCUT2D eigenvalue weighted by Crippen LogP contribution is 2.33. The summed E-state index contributed by atoms with van der Waals surface area (Å²) in [6, 6.07) is 10.4. The SMILES string of the molecule is Cc1nn(CC(=O)Nc2ccn(Cc3ccc(Cl)cc3)n2)c2nc(-c3cnn(C)c3)cc(C(F)F)c12. The second kappa shape index (κ2) is 9.50. The number of rotatable bonds is 7. The van der Waals surface area contributed by atoms with Gasteiger partial charge in [-0.25, -0.2) is 18.4 Å². The van der Waals surface area contributed by atoms with Crippen molar-refractivity contribution in [1.82, 2.24) is 34.3 Å². The van der Waals surface area contributed by atoms with Gasteiger partial charge in [-0.2, -0.15) is 15.3 Å². The van der Waals surface area contributed by atoms with Crippen molar-refractivity contribution in [2.75, 3.05) is 5.32 Å². The van der Waals surface area contributed by atoms with Crippen LogP contribution in [-0.4, -0.2) is 40.2 Å². The molecule has 5 rings (SSSR count). The van der Waals surface area contributed by atoms with Gasteiger partial charge in [0.15, 0.2) is 11.5 Å². The first-order valence-electron chi connectivity index (χ1n) is 11.0. The molecule has 4 heterocycles. The maximum atomic E-state index is 13.9. The van der Waals surface area contributed by atoms with E-state index in [1.807, 2.05) is 12.1 Å². The third kappa shape index (κ3) is 4.82. The van der Waals surface area contributed by atoms with E-state index in [1.54, 1.807) is 60.1 Å². The largest absolute Gasteiger partial charge is 0.308 e. The van der Waals surface area contributed by atoms with Crippen molar-refractivity contribution in [3.8, 4) is 11.3 Å². The summed E-state index contributed by atoms with van der Waals surface area (Å²) in [5.74, 6) is -0.0530. The zero-order valence-corrected chi connectivity index (χ0v) is 20.1. The van der Waals surface area contributed by atoms with Crippen molar-refractivity contribution < 1.29 is 13.6 Å². The Hall–Kier alpha value is -4.12. The van der Waals surface area contributed by atoms with Crippen molar-refractivity contribution in [2.24, 2.45) is 7.05 Å². The molecular weight excluding hydrogens is 490 g/mol. The first-order chi connectivity index (χ1) is 17.3. The average Bonchev–Trinajstić information content (AvgIpc) is 3.54. The number of nitrogens with zero attached hydrogens (tertiary/aromatic N) is 7. The van der Waals surface area contributed by atoms with Gasteiger partial charge in [0, 0.05) is 41.7 Å². The Morgan fingerprint density at radius 3 is 2.64 bits per heavy atom. The van der Waals surface area contributed by atoms with Gasteiger partial charge in [0.1, 0.15) is 6.54 Å². The highest BCUT2D eigenvalue weighted by molar-refractivity contribution is 6.30. The number of hydrogen-bond acceptors (Lipinski definition) is 5. The van der Waals surface area contributed by atoms with Crippen molar-refractivity contribution in [3.63, 3.8) is 0 Å². The number of pyridine rings is 1. The zero-order chi connectivity index (χ0) is 25.4. The summed E-state index contributed by atoms with van der Waals surface area (Å²) in [6.07, 6.45) is 2.24. The van der Waals surface area contributed by atoms with Crippen molar-refractivity contribution in [3.05, 3.63) is 76.8 Å². The van der Waals surface area contributed by atoms with Crippen LogP contribution in [0, 0.1) is 6.92 Å². The van der Waals surface area contributed by atoms with Gasteiger partial charge >= 0.3 is 0 Å². The van der Waals surface area contributed by atoms with Crippen LogP contribution in [0.15, 0.2) is 55.0 Å². The number of benzene rings is 1. The number of anilines is 1. The fourth-order valence-electron chi connectivity index (χ4n) is 3.98. The number of halogens is 3. The van der Waals surface area contributed by atoms with E-state index in [-0.39, 0.29) is 23.1 Å². The molecule has 0 aliphatic rings. The molecule has 0 saturated carbocycles. The second-order valence-corrected chi connectivity index (χ2v) is 8.75. The minimum atomic E-state index is -2.74. The number of fused-ring (bicyclic) bond motifs is 1. The average molecular weight is 511 g/mol. The highest BCUT2D eigenvalue weighted by atomic mass is 35.5. The van der Waals surface area contributed by atoms with Crippen LogP contribution in [0.4, 0.5) is 14.6 Å². The molecule has 1 N–H and O–H groups in total. The Bertz CT molecular complexity index is 1550. The number of alkyl halides is 2. The van der Waals surface area contributed by atoms with Crippen LogP contribution in [0.25, 0.3) is 22.3 Å². The summed E-state index contributed by atoms with van der Waals surface area (Å²) in [7, 11) is 1.73. The molecule has 0 aliphatic heterocycles. The molecule has 12 heteroatoms. The van der Waals surface area contributed by atoms with Crippen LogP contribution in [-0.2, 0) is 24.9 Å². The van der Waals surface area contributed by atoms with Gasteiger partial charge in [0.2, 0.25) is 5.91 Å². The number of nitrogens with one attached hydrogen (secondary N) is 1. The summed E-state index contributed by atoms with van der Waals surface area (Å²) in [5.41, 5.74) is 2.29. The lowest BCUT2D eigenvalue weighted by Gasteiger charge is -2.08. The normalized spacial score (nSPS) is 11.5. The molecule has 9 nitrogen and oxygen atoms in total. The smallest absolute Gasteiger partial charge is 0.264 e. The maximum absolute atomic E-state index is 13.9. The quantitative estimate of drug-likeness (QED) is 0.345.